The van der Waals surface area contributed by atoms with Gasteiger partial charge in [0.1, 0.15) is 11.9 Å². The van der Waals surface area contributed by atoms with Gasteiger partial charge in [-0.2, -0.15) is 5.26 Å². The van der Waals surface area contributed by atoms with Gasteiger partial charge in [-0.15, -0.1) is 0 Å². The lowest BCUT2D eigenvalue weighted by Gasteiger charge is -2.42. The number of pyridine rings is 1. The van der Waals surface area contributed by atoms with Crippen molar-refractivity contribution < 1.29 is 9.53 Å². The summed E-state index contributed by atoms with van der Waals surface area (Å²) in [5.41, 5.74) is 0.594. The average molecular weight is 371 g/mol. The van der Waals surface area contributed by atoms with Crippen molar-refractivity contribution in [3.63, 3.8) is 0 Å². The predicted octanol–water partition coefficient (Wildman–Crippen LogP) is 1.40. The average Bonchev–Trinajstić information content (AvgIpc) is 2.74. The summed E-state index contributed by atoms with van der Waals surface area (Å²) >= 11 is 0. The summed E-state index contributed by atoms with van der Waals surface area (Å²) in [4.78, 5) is 21.6. The summed E-state index contributed by atoms with van der Waals surface area (Å²) in [6.45, 7) is 5.02. The molecule has 0 aromatic carbocycles. The highest BCUT2D eigenvalue weighted by atomic mass is 16.5. The van der Waals surface area contributed by atoms with E-state index in [2.05, 4.69) is 26.2 Å². The maximum absolute atomic E-state index is 12.4. The van der Waals surface area contributed by atoms with Crippen molar-refractivity contribution in [1.29, 1.82) is 5.26 Å². The first kappa shape index (κ1) is 19.6. The Kier molecular flexibility index (Phi) is 7.02. The third-order valence-corrected chi connectivity index (χ3v) is 5.61. The van der Waals surface area contributed by atoms with E-state index in [9.17, 15) is 4.79 Å². The van der Waals surface area contributed by atoms with Gasteiger partial charge in [-0.1, -0.05) is 0 Å². The summed E-state index contributed by atoms with van der Waals surface area (Å²) in [6.07, 6.45) is 5.86. The molecule has 0 spiro atoms. The SMILES string of the molecule is COCCNC(=O)[C@H]1CCCN(C2CCN(c3ccc(C#N)cn3)CC2)C1. The highest BCUT2D eigenvalue weighted by molar-refractivity contribution is 5.78. The first-order valence-corrected chi connectivity index (χ1v) is 9.83. The number of rotatable bonds is 6. The van der Waals surface area contributed by atoms with Gasteiger partial charge in [-0.25, -0.2) is 4.98 Å². The monoisotopic (exact) mass is 371 g/mol. The third kappa shape index (κ3) is 5.18. The summed E-state index contributed by atoms with van der Waals surface area (Å²) in [6, 6.07) is 6.40. The number of piperidine rings is 2. The molecule has 0 aliphatic carbocycles. The van der Waals surface area contributed by atoms with E-state index in [1.165, 1.54) is 0 Å². The van der Waals surface area contributed by atoms with E-state index < -0.39 is 0 Å². The topological polar surface area (TPSA) is 81.5 Å². The molecule has 1 N–H and O–H groups in total. The standard InChI is InChI=1S/C20H29N5O2/c1-27-12-8-22-20(26)17-3-2-9-25(15-17)18-6-10-24(11-7-18)19-5-4-16(13-21)14-23-19/h4-5,14,17-18H,2-3,6-12,15H2,1H3,(H,22,26)/t17-/m0/s1. The molecule has 1 amide bonds. The van der Waals surface area contributed by atoms with E-state index in [1.54, 1.807) is 13.3 Å². The van der Waals surface area contributed by atoms with E-state index in [0.717, 1.165) is 57.7 Å². The van der Waals surface area contributed by atoms with Crippen LogP contribution >= 0.6 is 0 Å². The Bertz CT molecular complexity index is 649. The number of hydrogen-bond acceptors (Lipinski definition) is 6. The Morgan fingerprint density at radius 1 is 1.33 bits per heavy atom. The minimum Gasteiger partial charge on any atom is -0.383 e. The van der Waals surface area contributed by atoms with Crippen LogP contribution in [0.3, 0.4) is 0 Å². The largest absolute Gasteiger partial charge is 0.383 e. The minimum atomic E-state index is 0.0915. The molecule has 146 valence electrons. The number of methoxy groups -OCH3 is 1. The van der Waals surface area contributed by atoms with Crippen LogP contribution in [0.15, 0.2) is 18.3 Å². The number of nitrogens with zero attached hydrogens (tertiary/aromatic N) is 4. The molecule has 27 heavy (non-hydrogen) atoms. The van der Waals surface area contributed by atoms with Crippen molar-refractivity contribution in [2.24, 2.45) is 5.92 Å². The van der Waals surface area contributed by atoms with Crippen molar-refractivity contribution in [1.82, 2.24) is 15.2 Å². The van der Waals surface area contributed by atoms with Gasteiger partial charge in [-0.3, -0.25) is 9.69 Å². The van der Waals surface area contributed by atoms with Gasteiger partial charge in [0.05, 0.1) is 18.1 Å². The number of nitriles is 1. The fraction of sp³-hybridized carbons (Fsp3) is 0.650. The smallest absolute Gasteiger partial charge is 0.224 e. The molecule has 7 nitrogen and oxygen atoms in total. The number of anilines is 1. The number of carbonyl (C=O) groups excluding carboxylic acids is 1. The van der Waals surface area contributed by atoms with E-state index in [4.69, 9.17) is 10.00 Å². The molecule has 7 heteroatoms. The van der Waals surface area contributed by atoms with Gasteiger partial charge in [-0.05, 0) is 44.4 Å². The van der Waals surface area contributed by atoms with Gasteiger partial charge >= 0.3 is 0 Å². The van der Waals surface area contributed by atoms with Crippen LogP contribution in [0.25, 0.3) is 0 Å². The zero-order valence-electron chi connectivity index (χ0n) is 16.1. The minimum absolute atomic E-state index is 0.0915. The van der Waals surface area contributed by atoms with Gasteiger partial charge in [0, 0.05) is 45.5 Å². The van der Waals surface area contributed by atoms with E-state index in [0.29, 0.717) is 24.8 Å². The van der Waals surface area contributed by atoms with Crippen molar-refractivity contribution in [2.75, 3.05) is 51.3 Å². The van der Waals surface area contributed by atoms with Crippen molar-refractivity contribution in [3.8, 4) is 6.07 Å². The predicted molar refractivity (Wildman–Crippen MR) is 103 cm³/mol. The third-order valence-electron chi connectivity index (χ3n) is 5.61. The Morgan fingerprint density at radius 2 is 2.15 bits per heavy atom. The number of carbonyl (C=O) groups is 1. The molecule has 2 aliphatic rings. The lowest BCUT2D eigenvalue weighted by atomic mass is 9.93. The number of amides is 1. The zero-order chi connectivity index (χ0) is 19.1. The second kappa shape index (κ2) is 9.67. The molecule has 0 unspecified atom stereocenters. The molecule has 1 atom stereocenters. The van der Waals surface area contributed by atoms with Crippen LogP contribution in [0.5, 0.6) is 0 Å². The number of nitrogens with one attached hydrogen (secondary N) is 1. The van der Waals surface area contributed by atoms with Crippen molar-refractivity contribution in [3.05, 3.63) is 23.9 Å². The molecule has 0 radical (unpaired) electrons. The van der Waals surface area contributed by atoms with E-state index in [1.807, 2.05) is 12.1 Å². The molecular weight excluding hydrogens is 342 g/mol. The number of likely N-dealkylation sites (tertiary alicyclic amines) is 1. The Morgan fingerprint density at radius 3 is 2.81 bits per heavy atom. The second-order valence-corrected chi connectivity index (χ2v) is 7.35. The fourth-order valence-corrected chi connectivity index (χ4v) is 4.07. The Balaban J connectivity index is 1.48. The normalized spacial score (nSPS) is 21.6. The molecule has 1 aromatic rings. The van der Waals surface area contributed by atoms with Gasteiger partial charge in [0.25, 0.3) is 0 Å². The quantitative estimate of drug-likeness (QED) is 0.761. The first-order valence-electron chi connectivity index (χ1n) is 9.83. The van der Waals surface area contributed by atoms with E-state index in [-0.39, 0.29) is 11.8 Å². The summed E-state index contributed by atoms with van der Waals surface area (Å²) in [7, 11) is 1.65. The van der Waals surface area contributed by atoms with Gasteiger partial charge in [0.15, 0.2) is 0 Å². The summed E-state index contributed by atoms with van der Waals surface area (Å²) in [5, 5.41) is 11.9. The number of aromatic nitrogens is 1. The molecule has 1 aromatic heterocycles. The van der Waals surface area contributed by atoms with E-state index >= 15 is 0 Å². The molecular formula is C20H29N5O2. The van der Waals surface area contributed by atoms with Crippen LogP contribution in [-0.2, 0) is 9.53 Å². The fourth-order valence-electron chi connectivity index (χ4n) is 4.07. The van der Waals surface area contributed by atoms with Crippen LogP contribution < -0.4 is 10.2 Å². The molecule has 2 aliphatic heterocycles. The van der Waals surface area contributed by atoms with Crippen LogP contribution in [0, 0.1) is 17.2 Å². The molecule has 2 saturated heterocycles. The molecule has 2 fully saturated rings. The van der Waals surface area contributed by atoms with Crippen LogP contribution in [0.4, 0.5) is 5.82 Å². The molecule has 3 heterocycles. The maximum Gasteiger partial charge on any atom is 0.224 e. The lowest BCUT2D eigenvalue weighted by Crippen LogP contribution is -2.51. The maximum atomic E-state index is 12.4. The van der Waals surface area contributed by atoms with Crippen molar-refractivity contribution >= 4 is 11.7 Å². The zero-order valence-corrected chi connectivity index (χ0v) is 16.1. The molecule has 3 rings (SSSR count). The van der Waals surface area contributed by atoms with Crippen LogP contribution in [-0.4, -0.2) is 68.3 Å². The first-order chi connectivity index (χ1) is 13.2. The molecule has 0 saturated carbocycles. The van der Waals surface area contributed by atoms with Crippen LogP contribution in [0.1, 0.15) is 31.2 Å². The number of hydrogen-bond donors (Lipinski definition) is 1. The highest BCUT2D eigenvalue weighted by Crippen LogP contribution is 2.25. The van der Waals surface area contributed by atoms with Crippen molar-refractivity contribution in [2.45, 2.75) is 31.7 Å². The Hall–Kier alpha value is -2.17. The number of ether oxygens (including phenoxy) is 1. The van der Waals surface area contributed by atoms with Crippen LogP contribution in [0.2, 0.25) is 0 Å². The lowest BCUT2D eigenvalue weighted by molar-refractivity contribution is -0.127. The van der Waals surface area contributed by atoms with Gasteiger partial charge < -0.3 is 15.0 Å². The van der Waals surface area contributed by atoms with Gasteiger partial charge in [0.2, 0.25) is 5.91 Å². The highest BCUT2D eigenvalue weighted by Gasteiger charge is 2.31. The Labute approximate surface area is 161 Å². The second-order valence-electron chi connectivity index (χ2n) is 7.35. The molecule has 0 bridgehead atoms. The summed E-state index contributed by atoms with van der Waals surface area (Å²) in [5.74, 6) is 1.20. The summed E-state index contributed by atoms with van der Waals surface area (Å²) < 4.78 is 5.00.